The van der Waals surface area contributed by atoms with E-state index >= 15 is 0 Å². The Morgan fingerprint density at radius 1 is 1.65 bits per heavy atom. The molecule has 1 amide bonds. The van der Waals surface area contributed by atoms with Crippen LogP contribution >= 0.6 is 23.7 Å². The summed E-state index contributed by atoms with van der Waals surface area (Å²) in [5.74, 6) is 0.283. The molecule has 0 spiro atoms. The summed E-state index contributed by atoms with van der Waals surface area (Å²) >= 11 is 1.76. The second-order valence-electron chi connectivity index (χ2n) is 4.11. The highest BCUT2D eigenvalue weighted by atomic mass is 35.5. The van der Waals surface area contributed by atoms with E-state index in [-0.39, 0.29) is 18.3 Å². The van der Waals surface area contributed by atoms with Gasteiger partial charge in [0.25, 0.3) is 0 Å². The molecule has 1 fully saturated rings. The summed E-state index contributed by atoms with van der Waals surface area (Å²) in [7, 11) is 1.88. The lowest BCUT2D eigenvalue weighted by molar-refractivity contribution is -0.131. The molecule has 1 saturated heterocycles. The fourth-order valence-corrected chi connectivity index (χ4v) is 3.09. The Bertz CT molecular complexity index is 342. The van der Waals surface area contributed by atoms with Crippen LogP contribution in [0.25, 0.3) is 0 Å². The van der Waals surface area contributed by atoms with Gasteiger partial charge in [0.05, 0.1) is 6.04 Å². The number of hydrogen-bond donors (Lipinski definition) is 1. The Hall–Kier alpha value is -0.580. The van der Waals surface area contributed by atoms with Crippen molar-refractivity contribution in [2.75, 3.05) is 20.1 Å². The molecule has 3 nitrogen and oxygen atoms in total. The second kappa shape index (κ2) is 6.99. The van der Waals surface area contributed by atoms with Crippen LogP contribution in [0.3, 0.4) is 0 Å². The lowest BCUT2D eigenvalue weighted by Gasteiger charge is -2.23. The molecule has 1 N–H and O–H groups in total. The molecule has 0 radical (unpaired) electrons. The maximum absolute atomic E-state index is 12.0. The molecule has 1 aromatic heterocycles. The van der Waals surface area contributed by atoms with Gasteiger partial charge in [0, 0.05) is 24.4 Å². The molecule has 1 unspecified atom stereocenters. The van der Waals surface area contributed by atoms with Gasteiger partial charge in [-0.05, 0) is 31.3 Å². The number of rotatable bonds is 4. The second-order valence-corrected chi connectivity index (χ2v) is 5.09. The molecular formula is C12H19ClN2OS. The zero-order valence-corrected chi connectivity index (χ0v) is 11.6. The molecule has 1 aromatic rings. The molecule has 1 atom stereocenters. The van der Waals surface area contributed by atoms with Crippen molar-refractivity contribution in [3.63, 3.8) is 0 Å². The first-order valence-electron chi connectivity index (χ1n) is 5.80. The number of thiophene rings is 1. The van der Waals surface area contributed by atoms with Crippen molar-refractivity contribution >= 4 is 29.7 Å². The van der Waals surface area contributed by atoms with Gasteiger partial charge in [0.15, 0.2) is 0 Å². The maximum atomic E-state index is 12.0. The number of carbonyl (C=O) groups is 1. The van der Waals surface area contributed by atoms with Crippen LogP contribution in [0.2, 0.25) is 0 Å². The number of hydrogen-bond acceptors (Lipinski definition) is 3. The first-order valence-corrected chi connectivity index (χ1v) is 6.68. The van der Waals surface area contributed by atoms with Gasteiger partial charge < -0.3 is 10.2 Å². The number of halogens is 1. The van der Waals surface area contributed by atoms with E-state index in [2.05, 4.69) is 22.8 Å². The average Bonchev–Trinajstić information content (AvgIpc) is 2.94. The third kappa shape index (κ3) is 3.44. The number of carbonyl (C=O) groups excluding carboxylic acids is 1. The van der Waals surface area contributed by atoms with Crippen molar-refractivity contribution in [3.05, 3.63) is 22.4 Å². The zero-order valence-electron chi connectivity index (χ0n) is 10.0. The summed E-state index contributed by atoms with van der Waals surface area (Å²) in [5, 5.41) is 5.11. The molecular weight excluding hydrogens is 256 g/mol. The van der Waals surface area contributed by atoms with Crippen LogP contribution in [0.1, 0.15) is 30.2 Å². The Morgan fingerprint density at radius 3 is 3.12 bits per heavy atom. The predicted octanol–water partition coefficient (Wildman–Crippen LogP) is 2.44. The highest BCUT2D eigenvalue weighted by Crippen LogP contribution is 2.34. The van der Waals surface area contributed by atoms with Crippen LogP contribution in [-0.4, -0.2) is 30.9 Å². The Kier molecular flexibility index (Phi) is 5.95. The van der Waals surface area contributed by atoms with Gasteiger partial charge in [0.1, 0.15) is 0 Å². The Balaban J connectivity index is 0.00000144. The SMILES string of the molecule is CNCCC(=O)N1CCCC1c1cccs1.Cl. The fraction of sp³-hybridized carbons (Fsp3) is 0.583. The van der Waals surface area contributed by atoms with Crippen LogP contribution in [-0.2, 0) is 4.79 Å². The largest absolute Gasteiger partial charge is 0.335 e. The van der Waals surface area contributed by atoms with E-state index in [1.807, 2.05) is 11.9 Å². The van der Waals surface area contributed by atoms with Gasteiger partial charge in [-0.1, -0.05) is 6.07 Å². The third-order valence-electron chi connectivity index (χ3n) is 3.03. The van der Waals surface area contributed by atoms with E-state index in [1.54, 1.807) is 11.3 Å². The van der Waals surface area contributed by atoms with Gasteiger partial charge in [0.2, 0.25) is 5.91 Å². The highest BCUT2D eigenvalue weighted by Gasteiger charge is 2.29. The van der Waals surface area contributed by atoms with Gasteiger partial charge in [-0.25, -0.2) is 0 Å². The topological polar surface area (TPSA) is 32.3 Å². The summed E-state index contributed by atoms with van der Waals surface area (Å²) in [6.45, 7) is 1.69. The molecule has 1 aliphatic rings. The molecule has 0 aliphatic carbocycles. The maximum Gasteiger partial charge on any atom is 0.224 e. The minimum Gasteiger partial charge on any atom is -0.335 e. The van der Waals surface area contributed by atoms with Gasteiger partial charge in [-0.3, -0.25) is 4.79 Å². The van der Waals surface area contributed by atoms with Crippen molar-refractivity contribution in [2.24, 2.45) is 0 Å². The highest BCUT2D eigenvalue weighted by molar-refractivity contribution is 7.10. The van der Waals surface area contributed by atoms with Gasteiger partial charge in [-0.2, -0.15) is 0 Å². The quantitative estimate of drug-likeness (QED) is 0.915. The molecule has 2 heterocycles. The van der Waals surface area contributed by atoms with Crippen LogP contribution in [0, 0.1) is 0 Å². The summed E-state index contributed by atoms with van der Waals surface area (Å²) in [5.41, 5.74) is 0. The minimum atomic E-state index is 0. The van der Waals surface area contributed by atoms with Crippen LogP contribution in [0.15, 0.2) is 17.5 Å². The van der Waals surface area contributed by atoms with E-state index < -0.39 is 0 Å². The van der Waals surface area contributed by atoms with E-state index in [9.17, 15) is 4.79 Å². The van der Waals surface area contributed by atoms with Crippen molar-refractivity contribution in [1.82, 2.24) is 10.2 Å². The lowest BCUT2D eigenvalue weighted by Crippen LogP contribution is -2.32. The van der Waals surface area contributed by atoms with E-state index in [1.165, 1.54) is 4.88 Å². The average molecular weight is 275 g/mol. The predicted molar refractivity (Wildman–Crippen MR) is 73.8 cm³/mol. The zero-order chi connectivity index (χ0) is 11.4. The summed E-state index contributed by atoms with van der Waals surface area (Å²) in [6, 6.07) is 4.54. The Labute approximate surface area is 113 Å². The van der Waals surface area contributed by atoms with Crippen LogP contribution in [0.5, 0.6) is 0 Å². The molecule has 2 rings (SSSR count). The molecule has 0 saturated carbocycles. The van der Waals surface area contributed by atoms with Crippen molar-refractivity contribution in [1.29, 1.82) is 0 Å². The van der Waals surface area contributed by atoms with Crippen molar-refractivity contribution in [2.45, 2.75) is 25.3 Å². The monoisotopic (exact) mass is 274 g/mol. The molecule has 5 heteroatoms. The van der Waals surface area contributed by atoms with E-state index in [0.717, 1.165) is 25.9 Å². The standard InChI is InChI=1S/C12H18N2OS.ClH/c1-13-7-6-12(15)14-8-2-4-10(14)11-5-3-9-16-11;/h3,5,9-10,13H,2,4,6-8H2,1H3;1H. The van der Waals surface area contributed by atoms with Crippen molar-refractivity contribution in [3.8, 4) is 0 Å². The molecule has 1 aliphatic heterocycles. The first-order chi connectivity index (χ1) is 7.83. The number of likely N-dealkylation sites (tertiary alicyclic amines) is 1. The normalized spacial score (nSPS) is 19.1. The third-order valence-corrected chi connectivity index (χ3v) is 4.01. The van der Waals surface area contributed by atoms with E-state index in [0.29, 0.717) is 12.5 Å². The van der Waals surface area contributed by atoms with Crippen LogP contribution < -0.4 is 5.32 Å². The summed E-state index contributed by atoms with van der Waals surface area (Å²) in [6.07, 6.45) is 2.86. The Morgan fingerprint density at radius 2 is 2.47 bits per heavy atom. The number of nitrogens with one attached hydrogen (secondary N) is 1. The smallest absolute Gasteiger partial charge is 0.224 e. The fourth-order valence-electron chi connectivity index (χ4n) is 2.22. The first kappa shape index (κ1) is 14.5. The summed E-state index contributed by atoms with van der Waals surface area (Å²) < 4.78 is 0. The van der Waals surface area contributed by atoms with E-state index in [4.69, 9.17) is 0 Å². The minimum absolute atomic E-state index is 0. The molecule has 0 bridgehead atoms. The number of amides is 1. The van der Waals surface area contributed by atoms with Crippen molar-refractivity contribution < 1.29 is 4.79 Å². The van der Waals surface area contributed by atoms with Crippen LogP contribution in [0.4, 0.5) is 0 Å². The molecule has 17 heavy (non-hydrogen) atoms. The van der Waals surface area contributed by atoms with Gasteiger partial charge >= 0.3 is 0 Å². The lowest BCUT2D eigenvalue weighted by atomic mass is 10.2. The summed E-state index contributed by atoms with van der Waals surface area (Å²) in [4.78, 5) is 15.4. The molecule has 0 aromatic carbocycles. The number of nitrogens with zero attached hydrogens (tertiary/aromatic N) is 1. The van der Waals surface area contributed by atoms with Gasteiger partial charge in [-0.15, -0.1) is 23.7 Å². The molecule has 96 valence electrons.